The number of nitrogens with one attached hydrogen (secondary N) is 4. The monoisotopic (exact) mass is 806 g/mol. The molecule has 4 amide bonds. The van der Waals surface area contributed by atoms with Gasteiger partial charge >= 0.3 is 0 Å². The molecule has 0 spiro atoms. The number of nitrogens with zero attached hydrogens (tertiary/aromatic N) is 6. The molecule has 0 bridgehead atoms. The van der Waals surface area contributed by atoms with Crippen molar-refractivity contribution >= 4 is 40.8 Å². The van der Waals surface area contributed by atoms with Crippen LogP contribution in [0.25, 0.3) is 0 Å². The fourth-order valence-corrected chi connectivity index (χ4v) is 9.69. The maximum atomic E-state index is 13.4. The number of imide groups is 2. The van der Waals surface area contributed by atoms with Crippen LogP contribution in [0, 0.1) is 5.92 Å². The molecule has 4 N–H and O–H groups in total. The Labute approximate surface area is 344 Å². The molecule has 0 radical (unpaired) electrons. The minimum atomic E-state index is -0.957. The highest BCUT2D eigenvalue weighted by molar-refractivity contribution is 6.23. The average Bonchev–Trinajstić information content (AvgIpc) is 3.73. The summed E-state index contributed by atoms with van der Waals surface area (Å²) in [5, 5.41) is 5.77. The van der Waals surface area contributed by atoms with E-state index in [9.17, 15) is 19.2 Å². The van der Waals surface area contributed by atoms with Crippen LogP contribution in [0.5, 0.6) is 5.75 Å². The first-order valence-electron chi connectivity index (χ1n) is 21.4. The number of hydrazine groups is 1. The number of benzene rings is 2. The Morgan fingerprint density at radius 2 is 1.64 bits per heavy atom. The Morgan fingerprint density at radius 3 is 2.42 bits per heavy atom. The summed E-state index contributed by atoms with van der Waals surface area (Å²) in [5.41, 5.74) is 11.7. The van der Waals surface area contributed by atoms with E-state index in [0.29, 0.717) is 30.3 Å². The Balaban J connectivity index is 0.677. The van der Waals surface area contributed by atoms with E-state index >= 15 is 0 Å². The highest BCUT2D eigenvalue weighted by Gasteiger charge is 2.45. The average molecular weight is 807 g/mol. The molecular formula is C43H54N10O6. The summed E-state index contributed by atoms with van der Waals surface area (Å²) in [6, 6.07) is 10.7. The summed E-state index contributed by atoms with van der Waals surface area (Å²) < 4.78 is 12.6. The van der Waals surface area contributed by atoms with E-state index in [-0.39, 0.29) is 36.5 Å². The van der Waals surface area contributed by atoms with E-state index in [0.717, 1.165) is 125 Å². The van der Waals surface area contributed by atoms with Crippen molar-refractivity contribution in [1.29, 1.82) is 0 Å². The number of carbonyl (C=O) groups is 4. The number of hydrogen-bond donors (Lipinski definition) is 4. The number of carbonyl (C=O) groups excluding carboxylic acids is 4. The van der Waals surface area contributed by atoms with Crippen molar-refractivity contribution in [3.63, 3.8) is 0 Å². The number of morpholine rings is 1. The minimum absolute atomic E-state index is 0.0157. The molecule has 10 rings (SSSR count). The van der Waals surface area contributed by atoms with Gasteiger partial charge in [-0.05, 0) is 81.3 Å². The number of amidine groups is 1. The molecule has 2 unspecified atom stereocenters. The van der Waals surface area contributed by atoms with Gasteiger partial charge in [-0.25, -0.2) is 10.4 Å². The number of aliphatic imine (C=N–C) groups is 1. The van der Waals surface area contributed by atoms with Crippen LogP contribution in [0.4, 0.5) is 11.4 Å². The molecule has 1 saturated carbocycles. The van der Waals surface area contributed by atoms with E-state index in [1.54, 1.807) is 12.1 Å². The fraction of sp³-hybridized carbons (Fsp3) is 0.558. The molecule has 5 fully saturated rings. The van der Waals surface area contributed by atoms with Crippen LogP contribution in [-0.2, 0) is 14.3 Å². The summed E-state index contributed by atoms with van der Waals surface area (Å²) >= 11 is 0. The Kier molecular flexibility index (Phi) is 10.1. The number of ether oxygens (including phenoxy) is 2. The number of fused-ring (bicyclic) bond motifs is 2. The van der Waals surface area contributed by atoms with Crippen LogP contribution in [0.1, 0.15) is 77.8 Å². The Hall–Kier alpha value is -5.03. The first-order chi connectivity index (χ1) is 28.7. The molecule has 16 heteroatoms. The van der Waals surface area contributed by atoms with Gasteiger partial charge in [0.05, 0.1) is 35.6 Å². The third-order valence-corrected chi connectivity index (χ3v) is 13.4. The molecule has 7 aliphatic heterocycles. The third-order valence-electron chi connectivity index (χ3n) is 13.4. The van der Waals surface area contributed by atoms with E-state index in [2.05, 4.69) is 66.2 Å². The fourth-order valence-electron chi connectivity index (χ4n) is 9.69. The van der Waals surface area contributed by atoms with Crippen molar-refractivity contribution in [3.05, 3.63) is 64.9 Å². The van der Waals surface area contributed by atoms with Gasteiger partial charge in [-0.15, -0.1) is 0 Å². The van der Waals surface area contributed by atoms with Crippen LogP contribution < -0.4 is 31.1 Å². The zero-order valence-corrected chi connectivity index (χ0v) is 33.7. The lowest BCUT2D eigenvalue weighted by atomic mass is 9.95. The van der Waals surface area contributed by atoms with Crippen molar-refractivity contribution in [2.45, 2.75) is 69.2 Å². The predicted molar refractivity (Wildman–Crippen MR) is 220 cm³/mol. The number of rotatable bonds is 9. The quantitative estimate of drug-likeness (QED) is 0.273. The lowest BCUT2D eigenvalue weighted by Gasteiger charge is -2.41. The summed E-state index contributed by atoms with van der Waals surface area (Å²) in [5.74, 6) is 0.618. The first kappa shape index (κ1) is 38.2. The molecular weight excluding hydrogens is 753 g/mol. The topological polar surface area (TPSA) is 163 Å². The van der Waals surface area contributed by atoms with Crippen LogP contribution in [0.15, 0.2) is 53.2 Å². The van der Waals surface area contributed by atoms with Crippen molar-refractivity contribution in [3.8, 4) is 5.75 Å². The number of hydrogen-bond acceptors (Lipinski definition) is 14. The smallest absolute Gasteiger partial charge is 0.262 e. The zero-order valence-electron chi connectivity index (χ0n) is 33.7. The summed E-state index contributed by atoms with van der Waals surface area (Å²) in [6.45, 7) is 12.9. The summed E-state index contributed by atoms with van der Waals surface area (Å²) in [7, 11) is 0. The van der Waals surface area contributed by atoms with Gasteiger partial charge in [-0.1, -0.05) is 0 Å². The molecule has 7 heterocycles. The second kappa shape index (κ2) is 15.5. The normalized spacial score (nSPS) is 27.4. The van der Waals surface area contributed by atoms with Crippen molar-refractivity contribution < 1.29 is 28.7 Å². The molecule has 2 aromatic rings. The van der Waals surface area contributed by atoms with Gasteiger partial charge in [-0.3, -0.25) is 34.3 Å². The summed E-state index contributed by atoms with van der Waals surface area (Å²) in [4.78, 5) is 66.4. The molecule has 1 aliphatic carbocycles. The molecule has 4 saturated heterocycles. The van der Waals surface area contributed by atoms with Gasteiger partial charge in [0.25, 0.3) is 11.8 Å². The SMILES string of the molecule is CC1(Oc2ccc3c(c2)C(C2=CC(N4CCO[C@@H](CN5CCN(CC6CCN(c7ccc8c(c7)C(=O)N(C7CCC(=O)NC7=O)C8=O)CC6)CC5)C4)=NCN2)NN3)CC1. The van der Waals surface area contributed by atoms with Gasteiger partial charge in [0.1, 0.15) is 29.9 Å². The van der Waals surface area contributed by atoms with Gasteiger partial charge < -0.3 is 34.9 Å². The van der Waals surface area contributed by atoms with E-state index in [1.165, 1.54) is 5.56 Å². The molecule has 2 aromatic carbocycles. The number of amides is 4. The highest BCUT2D eigenvalue weighted by atomic mass is 16.5. The highest BCUT2D eigenvalue weighted by Crippen LogP contribution is 2.42. The van der Waals surface area contributed by atoms with E-state index in [4.69, 9.17) is 14.5 Å². The second-order valence-electron chi connectivity index (χ2n) is 17.6. The molecule has 0 aromatic heterocycles. The van der Waals surface area contributed by atoms with E-state index in [1.807, 2.05) is 12.1 Å². The lowest BCUT2D eigenvalue weighted by Crippen LogP contribution is -2.54. The number of piperazine rings is 1. The van der Waals surface area contributed by atoms with Gasteiger partial charge in [-0.2, -0.15) is 0 Å². The number of anilines is 2. The third kappa shape index (κ3) is 7.78. The summed E-state index contributed by atoms with van der Waals surface area (Å²) in [6.07, 6.45) is 6.89. The molecule has 3 atom stereocenters. The van der Waals surface area contributed by atoms with Crippen LogP contribution in [0.2, 0.25) is 0 Å². The largest absolute Gasteiger partial charge is 0.488 e. The predicted octanol–water partition coefficient (Wildman–Crippen LogP) is 2.07. The maximum Gasteiger partial charge on any atom is 0.262 e. The van der Waals surface area contributed by atoms with E-state index < -0.39 is 23.8 Å². The molecule has 8 aliphatic rings. The second-order valence-corrected chi connectivity index (χ2v) is 17.6. The zero-order chi connectivity index (χ0) is 40.3. The lowest BCUT2D eigenvalue weighted by molar-refractivity contribution is -0.136. The molecule has 59 heavy (non-hydrogen) atoms. The van der Waals surface area contributed by atoms with Gasteiger partial charge in [0.15, 0.2) is 0 Å². The van der Waals surface area contributed by atoms with Crippen molar-refractivity contribution in [2.24, 2.45) is 10.9 Å². The first-order valence-corrected chi connectivity index (χ1v) is 21.4. The van der Waals surface area contributed by atoms with Crippen molar-refractivity contribution in [1.82, 2.24) is 35.7 Å². The van der Waals surface area contributed by atoms with Crippen LogP contribution in [0.3, 0.4) is 0 Å². The molecule has 312 valence electrons. The molecule has 16 nitrogen and oxygen atoms in total. The van der Waals surface area contributed by atoms with Crippen LogP contribution >= 0.6 is 0 Å². The number of piperidine rings is 2. The van der Waals surface area contributed by atoms with Gasteiger partial charge in [0, 0.05) is 94.9 Å². The Bertz CT molecular complexity index is 2090. The Morgan fingerprint density at radius 1 is 0.864 bits per heavy atom. The maximum absolute atomic E-state index is 13.4. The van der Waals surface area contributed by atoms with Crippen molar-refractivity contribution in [2.75, 3.05) is 89.0 Å². The minimum Gasteiger partial charge on any atom is -0.488 e. The standard InChI is InChI=1S/C43H54N10O6/c1-43(10-11-43)59-29-3-5-34-33(21-29)39(48-47-34)35-22-37(45-26-44-35)52-18-19-58-30(25-52)24-50-16-14-49(15-17-50)23-27-8-12-51(13-9-27)28-2-4-31-32(20-28)42(57)53(41(31)56)36-6-7-38(54)46-40(36)55/h2-5,20-22,27,30,36,39,44,47-48H,6-19,23-26H2,1H3,(H,46,54,55)/t30-,36?,39?/m0/s1. The van der Waals surface area contributed by atoms with Crippen LogP contribution in [-0.4, -0.2) is 146 Å². The van der Waals surface area contributed by atoms with Gasteiger partial charge in [0.2, 0.25) is 11.8 Å².